The summed E-state index contributed by atoms with van der Waals surface area (Å²) in [6.07, 6.45) is 5.05. The summed E-state index contributed by atoms with van der Waals surface area (Å²) in [5.74, 6) is -1.08. The summed E-state index contributed by atoms with van der Waals surface area (Å²) in [7, 11) is -3.90. The molecular formula is C24H29NO4S. The van der Waals surface area contributed by atoms with E-state index in [4.69, 9.17) is 0 Å². The van der Waals surface area contributed by atoms with Gasteiger partial charge in [0, 0.05) is 6.04 Å². The average molecular weight is 428 g/mol. The van der Waals surface area contributed by atoms with Crippen molar-refractivity contribution >= 4 is 16.0 Å². The Kier molecular flexibility index (Phi) is 6.78. The van der Waals surface area contributed by atoms with Crippen molar-refractivity contribution in [1.29, 1.82) is 0 Å². The number of hydrogen-bond donors (Lipinski definition) is 1. The Bertz CT molecular complexity index is 1020. The highest BCUT2D eigenvalue weighted by Gasteiger charge is 2.45. The Labute approximate surface area is 179 Å². The van der Waals surface area contributed by atoms with E-state index in [1.165, 1.54) is 4.31 Å². The molecule has 1 aliphatic rings. The summed E-state index contributed by atoms with van der Waals surface area (Å²) < 4.78 is 28.8. The zero-order valence-electron chi connectivity index (χ0n) is 17.7. The molecule has 6 heteroatoms. The van der Waals surface area contributed by atoms with E-state index >= 15 is 0 Å². The van der Waals surface area contributed by atoms with E-state index in [0.29, 0.717) is 12.0 Å². The van der Waals surface area contributed by atoms with E-state index in [1.807, 2.05) is 38.1 Å². The van der Waals surface area contributed by atoms with Crippen LogP contribution in [0.4, 0.5) is 0 Å². The van der Waals surface area contributed by atoms with Gasteiger partial charge in [-0.05, 0) is 38.0 Å². The quantitative estimate of drug-likeness (QED) is 0.601. The lowest BCUT2D eigenvalue weighted by molar-refractivity contribution is -0.133. The molecule has 0 amide bonds. The maximum Gasteiger partial charge on any atom is 0.333 e. The lowest BCUT2D eigenvalue weighted by Gasteiger charge is -2.31. The summed E-state index contributed by atoms with van der Waals surface area (Å²) in [4.78, 5) is 12.3. The van der Waals surface area contributed by atoms with E-state index in [2.05, 4.69) is 6.92 Å². The van der Waals surface area contributed by atoms with Crippen LogP contribution in [-0.4, -0.2) is 29.8 Å². The third-order valence-corrected chi connectivity index (χ3v) is 7.49. The highest BCUT2D eigenvalue weighted by Crippen LogP contribution is 2.42. The number of sulfonamides is 1. The molecule has 3 rings (SSSR count). The molecule has 0 fully saturated rings. The largest absolute Gasteiger partial charge is 0.478 e. The molecule has 2 aromatic rings. The van der Waals surface area contributed by atoms with Gasteiger partial charge in [0.2, 0.25) is 10.0 Å². The Morgan fingerprint density at radius 3 is 2.07 bits per heavy atom. The van der Waals surface area contributed by atoms with Crippen molar-refractivity contribution in [2.45, 2.75) is 63.4 Å². The zero-order chi connectivity index (χ0) is 21.9. The van der Waals surface area contributed by atoms with Crippen LogP contribution in [0.15, 0.2) is 65.1 Å². The predicted molar refractivity (Wildman–Crippen MR) is 118 cm³/mol. The van der Waals surface area contributed by atoms with Gasteiger partial charge in [-0.25, -0.2) is 13.2 Å². The number of benzene rings is 2. The van der Waals surface area contributed by atoms with Crippen LogP contribution < -0.4 is 0 Å². The number of hydrogen-bond acceptors (Lipinski definition) is 3. The van der Waals surface area contributed by atoms with Crippen molar-refractivity contribution in [3.63, 3.8) is 0 Å². The predicted octanol–water partition coefficient (Wildman–Crippen LogP) is 5.01. The number of carboxylic acids is 1. The molecule has 5 nitrogen and oxygen atoms in total. The summed E-state index contributed by atoms with van der Waals surface area (Å²) in [6.45, 7) is 5.93. The minimum atomic E-state index is -3.90. The molecule has 0 bridgehead atoms. The molecule has 0 spiro atoms. The molecule has 30 heavy (non-hydrogen) atoms. The van der Waals surface area contributed by atoms with Gasteiger partial charge in [-0.3, -0.25) is 0 Å². The van der Waals surface area contributed by atoms with Gasteiger partial charge < -0.3 is 5.11 Å². The van der Waals surface area contributed by atoms with Gasteiger partial charge in [0.1, 0.15) is 0 Å². The molecule has 1 heterocycles. The molecular weight excluding hydrogens is 398 g/mol. The van der Waals surface area contributed by atoms with Gasteiger partial charge in [-0.1, -0.05) is 79.8 Å². The SMILES string of the molecule is CCCCC[C@@H]1C=C(C(=O)O)[C@H](c2ccc(C)cc2)N1S(=O)(=O)c1ccc(C)cc1. The van der Waals surface area contributed by atoms with Gasteiger partial charge in [0.25, 0.3) is 0 Å². The van der Waals surface area contributed by atoms with E-state index in [-0.39, 0.29) is 10.5 Å². The maximum atomic E-state index is 13.7. The second-order valence-corrected chi connectivity index (χ2v) is 9.79. The first-order valence-corrected chi connectivity index (χ1v) is 11.8. The number of carboxylic acid groups (broad SMARTS) is 1. The fourth-order valence-corrected chi connectivity index (χ4v) is 5.69. The van der Waals surface area contributed by atoms with Crippen LogP contribution >= 0.6 is 0 Å². The first kappa shape index (κ1) is 22.2. The number of unbranched alkanes of at least 4 members (excludes halogenated alkanes) is 2. The Hall–Kier alpha value is -2.44. The molecule has 2 aromatic carbocycles. The monoisotopic (exact) mass is 427 g/mol. The second-order valence-electron chi connectivity index (χ2n) is 7.95. The van der Waals surface area contributed by atoms with Gasteiger partial charge in [0.15, 0.2) is 0 Å². The van der Waals surface area contributed by atoms with Crippen molar-refractivity contribution in [2.24, 2.45) is 0 Å². The van der Waals surface area contributed by atoms with Crippen LogP contribution in [0.25, 0.3) is 0 Å². The molecule has 2 atom stereocenters. The number of aliphatic carboxylic acids is 1. The third kappa shape index (κ3) is 4.50. The highest BCUT2D eigenvalue weighted by molar-refractivity contribution is 7.89. The van der Waals surface area contributed by atoms with Gasteiger partial charge >= 0.3 is 5.97 Å². The molecule has 0 saturated carbocycles. The fraction of sp³-hybridized carbons (Fsp3) is 0.375. The maximum absolute atomic E-state index is 13.7. The second kappa shape index (κ2) is 9.14. The molecule has 0 unspecified atom stereocenters. The average Bonchev–Trinajstić information content (AvgIpc) is 3.10. The van der Waals surface area contributed by atoms with Crippen LogP contribution in [-0.2, 0) is 14.8 Å². The summed E-state index contributed by atoms with van der Waals surface area (Å²) in [5, 5.41) is 9.89. The van der Waals surface area contributed by atoms with Gasteiger partial charge in [-0.2, -0.15) is 4.31 Å². The number of aryl methyl sites for hydroxylation is 2. The molecule has 1 aliphatic heterocycles. The fourth-order valence-electron chi connectivity index (χ4n) is 3.93. The molecule has 0 saturated heterocycles. The van der Waals surface area contributed by atoms with Gasteiger partial charge in [-0.15, -0.1) is 0 Å². The van der Waals surface area contributed by atoms with Crippen LogP contribution in [0.3, 0.4) is 0 Å². The van der Waals surface area contributed by atoms with Crippen LogP contribution in [0, 0.1) is 13.8 Å². The number of nitrogens with zero attached hydrogens (tertiary/aromatic N) is 1. The first-order valence-electron chi connectivity index (χ1n) is 10.4. The summed E-state index contributed by atoms with van der Waals surface area (Å²) in [5.41, 5.74) is 2.79. The molecule has 0 aromatic heterocycles. The van der Waals surface area contributed by atoms with Crippen LogP contribution in [0.2, 0.25) is 0 Å². The van der Waals surface area contributed by atoms with E-state index in [9.17, 15) is 18.3 Å². The highest BCUT2D eigenvalue weighted by atomic mass is 32.2. The number of carbonyl (C=O) groups is 1. The smallest absolute Gasteiger partial charge is 0.333 e. The Morgan fingerprint density at radius 1 is 0.967 bits per heavy atom. The first-order chi connectivity index (χ1) is 14.3. The van der Waals surface area contributed by atoms with E-state index < -0.39 is 28.1 Å². The lowest BCUT2D eigenvalue weighted by Crippen LogP contribution is -2.39. The Balaban J connectivity index is 2.12. The zero-order valence-corrected chi connectivity index (χ0v) is 18.5. The van der Waals surface area contributed by atoms with Gasteiger partial charge in [0.05, 0.1) is 16.5 Å². The number of rotatable bonds is 8. The topological polar surface area (TPSA) is 74.7 Å². The normalized spacial score (nSPS) is 19.6. The minimum absolute atomic E-state index is 0.121. The molecule has 1 N–H and O–H groups in total. The molecule has 160 valence electrons. The molecule has 0 aliphatic carbocycles. The summed E-state index contributed by atoms with van der Waals surface area (Å²) in [6, 6.07) is 12.8. The standard InChI is InChI=1S/C24H29NO4S/c1-4-5-6-7-20-16-22(24(26)27)23(19-12-8-17(2)9-13-19)25(20)30(28,29)21-14-10-18(3)11-15-21/h8-16,20,23H,4-7H2,1-3H3,(H,26,27)/t20-,23+/m1/s1. The Morgan fingerprint density at radius 2 is 1.53 bits per heavy atom. The lowest BCUT2D eigenvalue weighted by atomic mass is 10.00. The van der Waals surface area contributed by atoms with Crippen LogP contribution in [0.1, 0.15) is 55.3 Å². The van der Waals surface area contributed by atoms with Crippen molar-refractivity contribution in [2.75, 3.05) is 0 Å². The minimum Gasteiger partial charge on any atom is -0.478 e. The van der Waals surface area contributed by atoms with Crippen molar-refractivity contribution < 1.29 is 18.3 Å². The van der Waals surface area contributed by atoms with E-state index in [1.54, 1.807) is 30.3 Å². The van der Waals surface area contributed by atoms with Crippen LogP contribution in [0.5, 0.6) is 0 Å². The molecule has 0 radical (unpaired) electrons. The van der Waals surface area contributed by atoms with E-state index in [0.717, 1.165) is 30.4 Å². The third-order valence-electron chi connectivity index (χ3n) is 5.59. The van der Waals surface area contributed by atoms with Crippen molar-refractivity contribution in [3.05, 3.63) is 76.9 Å². The van der Waals surface area contributed by atoms with Crippen molar-refractivity contribution in [1.82, 2.24) is 4.31 Å². The summed E-state index contributed by atoms with van der Waals surface area (Å²) >= 11 is 0. The van der Waals surface area contributed by atoms with Crippen molar-refractivity contribution in [3.8, 4) is 0 Å².